The summed E-state index contributed by atoms with van der Waals surface area (Å²) in [5.74, 6) is 1.53. The van der Waals surface area contributed by atoms with Gasteiger partial charge < -0.3 is 9.64 Å². The van der Waals surface area contributed by atoms with Crippen molar-refractivity contribution in [1.29, 1.82) is 0 Å². The Kier molecular flexibility index (Phi) is 5.50. The highest BCUT2D eigenvalue weighted by molar-refractivity contribution is 5.89. The van der Waals surface area contributed by atoms with Gasteiger partial charge in [-0.25, -0.2) is 14.8 Å². The molecular weight excluding hydrogens is 430 g/mol. The van der Waals surface area contributed by atoms with Crippen molar-refractivity contribution in [2.75, 3.05) is 51.3 Å². The Bertz CT molecular complexity index is 1390. The molecular formula is C25H29N7O2. The number of benzene rings is 1. The molecule has 4 heterocycles. The number of rotatable bonds is 7. The van der Waals surface area contributed by atoms with E-state index in [1.54, 1.807) is 17.0 Å². The number of aromatic nitrogens is 5. The van der Waals surface area contributed by atoms with Gasteiger partial charge in [0.1, 0.15) is 5.82 Å². The molecule has 1 saturated heterocycles. The van der Waals surface area contributed by atoms with Gasteiger partial charge in [-0.2, -0.15) is 0 Å². The smallest absolute Gasteiger partial charge is 0.329 e. The lowest BCUT2D eigenvalue weighted by atomic mass is 10.2. The van der Waals surface area contributed by atoms with Gasteiger partial charge >= 0.3 is 5.69 Å². The fraction of sp³-hybridized carbons (Fsp3) is 0.440. The van der Waals surface area contributed by atoms with Gasteiger partial charge in [-0.15, -0.1) is 0 Å². The first-order chi connectivity index (χ1) is 16.7. The van der Waals surface area contributed by atoms with Gasteiger partial charge in [0.15, 0.2) is 5.82 Å². The molecule has 0 spiro atoms. The zero-order valence-electron chi connectivity index (χ0n) is 19.4. The molecule has 1 aromatic carbocycles. The molecule has 0 radical (unpaired) electrons. The number of fused-ring (bicyclic) bond motifs is 2. The van der Waals surface area contributed by atoms with Crippen LogP contribution in [0.25, 0.3) is 21.9 Å². The number of hydrogen-bond acceptors (Lipinski definition) is 7. The lowest BCUT2D eigenvalue weighted by Gasteiger charge is -2.29. The molecule has 34 heavy (non-hydrogen) atoms. The number of nitrogens with zero attached hydrogens (tertiary/aromatic N) is 7. The van der Waals surface area contributed by atoms with E-state index in [0.29, 0.717) is 12.4 Å². The highest BCUT2D eigenvalue weighted by Crippen LogP contribution is 2.36. The van der Waals surface area contributed by atoms with Gasteiger partial charge in [-0.1, -0.05) is 12.1 Å². The summed E-state index contributed by atoms with van der Waals surface area (Å²) in [6, 6.07) is 10.3. The van der Waals surface area contributed by atoms with Crippen molar-refractivity contribution in [3.8, 4) is 0 Å². The summed E-state index contributed by atoms with van der Waals surface area (Å²) in [6.07, 6.45) is 5.61. The predicted octanol–water partition coefficient (Wildman–Crippen LogP) is 2.29. The monoisotopic (exact) mass is 459 g/mol. The summed E-state index contributed by atoms with van der Waals surface area (Å²) in [5, 5.41) is 1.02. The first-order valence-corrected chi connectivity index (χ1v) is 12.0. The fourth-order valence-corrected chi connectivity index (χ4v) is 4.80. The van der Waals surface area contributed by atoms with Crippen molar-refractivity contribution in [2.45, 2.75) is 25.4 Å². The van der Waals surface area contributed by atoms with Crippen LogP contribution in [0, 0.1) is 0 Å². The maximum atomic E-state index is 13.4. The van der Waals surface area contributed by atoms with Gasteiger partial charge in [0.2, 0.25) is 0 Å². The van der Waals surface area contributed by atoms with E-state index >= 15 is 0 Å². The number of hydrogen-bond donors (Lipinski definition) is 0. The molecule has 9 nitrogen and oxygen atoms in total. The molecule has 2 fully saturated rings. The van der Waals surface area contributed by atoms with Crippen molar-refractivity contribution in [3.05, 3.63) is 59.0 Å². The van der Waals surface area contributed by atoms with Crippen molar-refractivity contribution in [2.24, 2.45) is 0 Å². The fourth-order valence-electron chi connectivity index (χ4n) is 4.80. The van der Waals surface area contributed by atoms with Crippen molar-refractivity contribution in [3.63, 3.8) is 0 Å². The van der Waals surface area contributed by atoms with Crippen molar-refractivity contribution >= 4 is 27.8 Å². The van der Waals surface area contributed by atoms with E-state index in [9.17, 15) is 4.79 Å². The molecule has 1 aliphatic heterocycles. The lowest BCUT2D eigenvalue weighted by molar-refractivity contribution is 0.0393. The maximum absolute atomic E-state index is 13.4. The van der Waals surface area contributed by atoms with E-state index in [2.05, 4.69) is 27.9 Å². The average molecular weight is 460 g/mol. The molecule has 6 rings (SSSR count). The van der Waals surface area contributed by atoms with Crippen LogP contribution >= 0.6 is 0 Å². The van der Waals surface area contributed by atoms with Crippen LogP contribution in [0.5, 0.6) is 0 Å². The first-order valence-electron chi connectivity index (χ1n) is 12.0. The van der Waals surface area contributed by atoms with Crippen LogP contribution in [0.2, 0.25) is 0 Å². The van der Waals surface area contributed by atoms with Gasteiger partial charge in [-0.05, 0) is 31.0 Å². The summed E-state index contributed by atoms with van der Waals surface area (Å²) < 4.78 is 9.15. The van der Waals surface area contributed by atoms with Crippen LogP contribution in [0.4, 0.5) is 5.82 Å². The molecule has 0 unspecified atom stereocenters. The van der Waals surface area contributed by atoms with Gasteiger partial charge in [-0.3, -0.25) is 19.0 Å². The largest absolute Gasteiger partial charge is 0.379 e. The molecule has 176 valence electrons. The topological polar surface area (TPSA) is 81.3 Å². The van der Waals surface area contributed by atoms with Crippen molar-refractivity contribution in [1.82, 2.24) is 29.0 Å². The third-order valence-corrected chi connectivity index (χ3v) is 6.82. The second-order valence-corrected chi connectivity index (χ2v) is 9.19. The predicted molar refractivity (Wildman–Crippen MR) is 131 cm³/mol. The van der Waals surface area contributed by atoms with Crippen LogP contribution < -0.4 is 10.6 Å². The second kappa shape index (κ2) is 8.81. The SMILES string of the molecule is CN(CCN1CCOCC1)c1nc(Cn2c(=O)n(C3CC3)c3ccncc32)nc2ccccc12. The normalized spacial score (nSPS) is 17.0. The van der Waals surface area contributed by atoms with Crippen LogP contribution in [0.3, 0.4) is 0 Å². The van der Waals surface area contributed by atoms with Crippen LogP contribution in [0.15, 0.2) is 47.5 Å². The Balaban J connectivity index is 1.35. The number of pyridine rings is 1. The Morgan fingerprint density at radius 1 is 1.09 bits per heavy atom. The summed E-state index contributed by atoms with van der Waals surface area (Å²) in [4.78, 5) is 32.0. The van der Waals surface area contributed by atoms with E-state index in [1.165, 1.54) is 0 Å². The molecule has 0 atom stereocenters. The molecule has 1 saturated carbocycles. The third kappa shape index (κ3) is 3.95. The molecule has 0 bridgehead atoms. The summed E-state index contributed by atoms with van der Waals surface area (Å²) in [7, 11) is 2.08. The average Bonchev–Trinajstić information content (AvgIpc) is 3.67. The summed E-state index contributed by atoms with van der Waals surface area (Å²) >= 11 is 0. The van der Waals surface area contributed by atoms with Crippen LogP contribution in [0.1, 0.15) is 24.7 Å². The molecule has 0 amide bonds. The van der Waals surface area contributed by atoms with E-state index < -0.39 is 0 Å². The lowest BCUT2D eigenvalue weighted by Crippen LogP contribution is -2.41. The minimum absolute atomic E-state index is 0.00974. The van der Waals surface area contributed by atoms with Gasteiger partial charge in [0.25, 0.3) is 0 Å². The van der Waals surface area contributed by atoms with E-state index in [0.717, 1.165) is 80.0 Å². The molecule has 2 aliphatic rings. The second-order valence-electron chi connectivity index (χ2n) is 9.19. The standard InChI is InChI=1S/C25H29N7O2/c1-29(10-11-30-12-14-34-15-13-30)24-19-4-2-3-5-20(19)27-23(28-24)17-31-22-16-26-9-8-21(22)32(25(31)33)18-6-7-18/h2-5,8-9,16,18H,6-7,10-15,17H2,1H3. The first kappa shape index (κ1) is 21.2. The summed E-state index contributed by atoms with van der Waals surface area (Å²) in [6.45, 7) is 5.64. The van der Waals surface area contributed by atoms with Gasteiger partial charge in [0.05, 0.1) is 42.5 Å². The number of imidazole rings is 1. The number of ether oxygens (including phenoxy) is 1. The Morgan fingerprint density at radius 3 is 2.74 bits per heavy atom. The van der Waals surface area contributed by atoms with Gasteiger partial charge in [0, 0.05) is 50.9 Å². The molecule has 9 heteroatoms. The highest BCUT2D eigenvalue weighted by atomic mass is 16.5. The molecule has 1 aliphatic carbocycles. The summed E-state index contributed by atoms with van der Waals surface area (Å²) in [5.41, 5.74) is 2.65. The van der Waals surface area contributed by atoms with Crippen LogP contribution in [-0.2, 0) is 11.3 Å². The maximum Gasteiger partial charge on any atom is 0.329 e. The number of para-hydroxylation sites is 1. The van der Waals surface area contributed by atoms with Crippen molar-refractivity contribution < 1.29 is 4.74 Å². The molecule has 4 aromatic rings. The van der Waals surface area contributed by atoms with Crippen LogP contribution in [-0.4, -0.2) is 75.4 Å². The number of morpholine rings is 1. The molecule has 0 N–H and O–H groups in total. The Morgan fingerprint density at radius 2 is 1.91 bits per heavy atom. The van der Waals surface area contributed by atoms with E-state index in [-0.39, 0.29) is 11.7 Å². The third-order valence-electron chi connectivity index (χ3n) is 6.82. The minimum Gasteiger partial charge on any atom is -0.379 e. The zero-order chi connectivity index (χ0) is 23.1. The number of likely N-dealkylation sites (N-methyl/N-ethyl adjacent to an activating group) is 1. The van der Waals surface area contributed by atoms with E-state index in [1.807, 2.05) is 28.8 Å². The quantitative estimate of drug-likeness (QED) is 0.419. The van der Waals surface area contributed by atoms with E-state index in [4.69, 9.17) is 14.7 Å². The Hall–Kier alpha value is -3.30. The highest BCUT2D eigenvalue weighted by Gasteiger charge is 2.29. The minimum atomic E-state index is -0.00974. The molecule has 3 aromatic heterocycles. The zero-order valence-corrected chi connectivity index (χ0v) is 19.4. The Labute approximate surface area is 197 Å². The number of anilines is 1.